The van der Waals surface area contributed by atoms with E-state index in [-0.39, 0.29) is 30.2 Å². The fraction of sp³-hybridized carbons (Fsp3) is 0.452. The molecule has 214 valence electrons. The average molecular weight is 549 g/mol. The summed E-state index contributed by atoms with van der Waals surface area (Å²) in [5.41, 5.74) is 1.80. The second kappa shape index (κ2) is 14.5. The van der Waals surface area contributed by atoms with Crippen molar-refractivity contribution in [3.8, 4) is 17.2 Å². The molecule has 3 aliphatic rings. The van der Waals surface area contributed by atoms with Crippen molar-refractivity contribution >= 4 is 23.8 Å². The van der Waals surface area contributed by atoms with E-state index in [0.717, 1.165) is 30.4 Å². The zero-order chi connectivity index (χ0) is 28.3. The van der Waals surface area contributed by atoms with Gasteiger partial charge in [-0.1, -0.05) is 18.2 Å². The SMILES string of the molecule is COc1ccc2cc1Oc1ccc(cc1)C=CC(=O)N1CCCCN(C(C)=O)CCCNC(=O)CC2NCCC1. The van der Waals surface area contributed by atoms with Crippen LogP contribution < -0.4 is 20.1 Å². The number of carbonyl (C=O) groups excluding carboxylic acids is 3. The summed E-state index contributed by atoms with van der Waals surface area (Å²) in [6, 6.07) is 13.0. The maximum atomic E-state index is 13.2. The molecular formula is C31H40N4O5. The molecule has 0 aliphatic carbocycles. The molecule has 2 aromatic rings. The van der Waals surface area contributed by atoms with E-state index in [4.69, 9.17) is 9.47 Å². The minimum absolute atomic E-state index is 0.0226. The van der Waals surface area contributed by atoms with Crippen LogP contribution in [0.2, 0.25) is 0 Å². The molecule has 6 bridgehead atoms. The Kier molecular flexibility index (Phi) is 10.6. The molecule has 5 rings (SSSR count). The van der Waals surface area contributed by atoms with E-state index < -0.39 is 0 Å². The molecule has 1 fully saturated rings. The highest BCUT2D eigenvalue weighted by atomic mass is 16.5. The number of ether oxygens (including phenoxy) is 2. The van der Waals surface area contributed by atoms with Crippen molar-refractivity contribution in [2.75, 3.05) is 46.4 Å². The Morgan fingerprint density at radius 3 is 2.42 bits per heavy atom. The number of benzene rings is 2. The van der Waals surface area contributed by atoms with Gasteiger partial charge in [0.2, 0.25) is 17.7 Å². The standard InChI is InChI=1S/C31H40N4O5/c1-23(36)34-17-3-4-18-35-20-5-15-32-27(22-30(37)33-16-6-19-34)25-10-13-28(39-2)29(21-25)40-26-11-7-24(8-12-26)9-14-31(35)38/h7-14,21,27,32H,3-6,15-20,22H2,1-2H3,(H,33,37). The highest BCUT2D eigenvalue weighted by molar-refractivity contribution is 5.91. The first-order valence-corrected chi connectivity index (χ1v) is 14.1. The lowest BCUT2D eigenvalue weighted by Crippen LogP contribution is -2.35. The Morgan fingerprint density at radius 2 is 1.65 bits per heavy atom. The van der Waals surface area contributed by atoms with Gasteiger partial charge in [-0.2, -0.15) is 0 Å². The number of amides is 3. The topological polar surface area (TPSA) is 100 Å². The molecule has 9 nitrogen and oxygen atoms in total. The van der Waals surface area contributed by atoms with Crippen LogP contribution in [0.4, 0.5) is 0 Å². The maximum absolute atomic E-state index is 13.2. The van der Waals surface area contributed by atoms with Gasteiger partial charge in [-0.25, -0.2) is 0 Å². The van der Waals surface area contributed by atoms with E-state index >= 15 is 0 Å². The molecular weight excluding hydrogens is 508 g/mol. The fourth-order valence-electron chi connectivity index (χ4n) is 5.01. The first-order valence-electron chi connectivity index (χ1n) is 14.1. The number of hydrogen-bond donors (Lipinski definition) is 2. The maximum Gasteiger partial charge on any atom is 0.246 e. The number of hydrogen-bond acceptors (Lipinski definition) is 6. The molecule has 1 atom stereocenters. The lowest BCUT2D eigenvalue weighted by molar-refractivity contribution is -0.129. The summed E-state index contributed by atoms with van der Waals surface area (Å²) < 4.78 is 11.7. The van der Waals surface area contributed by atoms with Gasteiger partial charge >= 0.3 is 0 Å². The van der Waals surface area contributed by atoms with E-state index in [1.165, 1.54) is 0 Å². The van der Waals surface area contributed by atoms with Crippen LogP contribution in [-0.2, 0) is 14.4 Å². The first-order chi connectivity index (χ1) is 19.4. The van der Waals surface area contributed by atoms with Crippen molar-refractivity contribution in [2.24, 2.45) is 0 Å². The first kappa shape index (κ1) is 29.1. The minimum atomic E-state index is -0.264. The van der Waals surface area contributed by atoms with Gasteiger partial charge in [0.25, 0.3) is 0 Å². The summed E-state index contributed by atoms with van der Waals surface area (Å²) in [6.07, 6.45) is 6.69. The Bertz CT molecular complexity index is 1200. The van der Waals surface area contributed by atoms with Crippen molar-refractivity contribution in [2.45, 2.75) is 45.1 Å². The number of nitrogens with one attached hydrogen (secondary N) is 2. The third-order valence-corrected chi connectivity index (χ3v) is 7.29. The van der Waals surface area contributed by atoms with E-state index in [9.17, 15) is 14.4 Å². The van der Waals surface area contributed by atoms with Crippen molar-refractivity contribution in [1.82, 2.24) is 20.4 Å². The zero-order valence-electron chi connectivity index (χ0n) is 23.5. The lowest BCUT2D eigenvalue weighted by Gasteiger charge is -2.24. The molecule has 1 unspecified atom stereocenters. The molecule has 0 saturated carbocycles. The summed E-state index contributed by atoms with van der Waals surface area (Å²) in [7, 11) is 1.60. The molecule has 0 aromatic heterocycles. The van der Waals surface area contributed by atoms with Crippen molar-refractivity contribution < 1.29 is 23.9 Å². The average Bonchev–Trinajstić information content (AvgIpc) is 2.95. The number of rotatable bonds is 1. The second-order valence-corrected chi connectivity index (χ2v) is 10.2. The van der Waals surface area contributed by atoms with Crippen LogP contribution in [0, 0.1) is 0 Å². The van der Waals surface area contributed by atoms with Crippen LogP contribution in [0.5, 0.6) is 17.2 Å². The summed E-state index contributed by atoms with van der Waals surface area (Å²) in [5, 5.41) is 6.55. The van der Waals surface area contributed by atoms with Gasteiger partial charge in [0.15, 0.2) is 11.5 Å². The largest absolute Gasteiger partial charge is 0.493 e. The van der Waals surface area contributed by atoms with Crippen LogP contribution >= 0.6 is 0 Å². The molecule has 0 radical (unpaired) electrons. The molecule has 1 saturated heterocycles. The monoisotopic (exact) mass is 548 g/mol. The van der Waals surface area contributed by atoms with Crippen LogP contribution in [-0.4, -0.2) is 73.9 Å². The van der Waals surface area contributed by atoms with Crippen LogP contribution in [0.25, 0.3) is 6.08 Å². The summed E-state index contributed by atoms with van der Waals surface area (Å²) in [5.74, 6) is 1.70. The number of nitrogens with zero attached hydrogens (tertiary/aromatic N) is 2. The highest BCUT2D eigenvalue weighted by Gasteiger charge is 2.20. The predicted molar refractivity (Wildman–Crippen MR) is 154 cm³/mol. The normalized spacial score (nSPS) is 19.7. The van der Waals surface area contributed by atoms with Gasteiger partial charge < -0.3 is 29.9 Å². The van der Waals surface area contributed by atoms with E-state index in [2.05, 4.69) is 10.6 Å². The Hall–Kier alpha value is -3.85. The van der Waals surface area contributed by atoms with Crippen LogP contribution in [0.3, 0.4) is 0 Å². The lowest BCUT2D eigenvalue weighted by atomic mass is 10.0. The quantitative estimate of drug-likeness (QED) is 0.561. The number of fused-ring (bicyclic) bond motifs is 3. The van der Waals surface area contributed by atoms with E-state index in [1.807, 2.05) is 58.3 Å². The highest BCUT2D eigenvalue weighted by Crippen LogP contribution is 2.35. The minimum Gasteiger partial charge on any atom is -0.493 e. The summed E-state index contributed by atoms with van der Waals surface area (Å²) >= 11 is 0. The van der Waals surface area contributed by atoms with Gasteiger partial charge in [0.05, 0.1) is 7.11 Å². The molecule has 3 amide bonds. The Labute approximate surface area is 236 Å². The molecule has 2 aromatic carbocycles. The third-order valence-electron chi connectivity index (χ3n) is 7.29. The van der Waals surface area contributed by atoms with Crippen LogP contribution in [0.1, 0.15) is 56.2 Å². The molecule has 0 spiro atoms. The molecule has 2 N–H and O–H groups in total. The summed E-state index contributed by atoms with van der Waals surface area (Å²) in [6.45, 7) is 5.13. The fourth-order valence-corrected chi connectivity index (χ4v) is 5.01. The van der Waals surface area contributed by atoms with Crippen molar-refractivity contribution in [3.05, 3.63) is 59.7 Å². The van der Waals surface area contributed by atoms with Gasteiger partial charge in [-0.15, -0.1) is 0 Å². The summed E-state index contributed by atoms with van der Waals surface area (Å²) in [4.78, 5) is 42.0. The molecule has 3 heterocycles. The Morgan fingerprint density at radius 1 is 0.925 bits per heavy atom. The van der Waals surface area contributed by atoms with Gasteiger partial charge in [-0.05, 0) is 73.7 Å². The van der Waals surface area contributed by atoms with Crippen LogP contribution in [0.15, 0.2) is 48.5 Å². The predicted octanol–water partition coefficient (Wildman–Crippen LogP) is 3.90. The molecule has 40 heavy (non-hydrogen) atoms. The van der Waals surface area contributed by atoms with Gasteiger partial charge in [-0.3, -0.25) is 14.4 Å². The zero-order valence-corrected chi connectivity index (χ0v) is 23.5. The van der Waals surface area contributed by atoms with Crippen molar-refractivity contribution in [1.29, 1.82) is 0 Å². The van der Waals surface area contributed by atoms with Crippen molar-refractivity contribution in [3.63, 3.8) is 0 Å². The van der Waals surface area contributed by atoms with Gasteiger partial charge in [0, 0.05) is 58.2 Å². The number of methoxy groups -OCH3 is 1. The van der Waals surface area contributed by atoms with E-state index in [1.54, 1.807) is 20.1 Å². The number of carbonyl (C=O) groups is 3. The second-order valence-electron chi connectivity index (χ2n) is 10.2. The van der Waals surface area contributed by atoms with E-state index in [0.29, 0.717) is 62.9 Å². The Balaban J connectivity index is 1.67. The van der Waals surface area contributed by atoms with Gasteiger partial charge in [0.1, 0.15) is 5.75 Å². The smallest absolute Gasteiger partial charge is 0.246 e. The third kappa shape index (κ3) is 8.32. The molecule has 9 heteroatoms. The molecule has 3 aliphatic heterocycles.